The Morgan fingerprint density at radius 3 is 2.48 bits per heavy atom. The monoisotopic (exact) mass is 388 g/mol. The van der Waals surface area contributed by atoms with E-state index >= 15 is 0 Å². The largest absolute Gasteiger partial charge is 0.462 e. The number of amides is 1. The summed E-state index contributed by atoms with van der Waals surface area (Å²) in [6.45, 7) is 4.14. The van der Waals surface area contributed by atoms with Crippen molar-refractivity contribution in [2.45, 2.75) is 32.6 Å². The topological polar surface area (TPSA) is 71.2 Å². The van der Waals surface area contributed by atoms with Gasteiger partial charge in [-0.15, -0.1) is 0 Å². The molecule has 0 saturated carbocycles. The summed E-state index contributed by atoms with van der Waals surface area (Å²) in [5.74, 6) is -1.08. The molecule has 3 aromatic rings. The van der Waals surface area contributed by atoms with E-state index in [1.54, 1.807) is 6.92 Å². The van der Waals surface area contributed by atoms with Crippen LogP contribution in [0.4, 0.5) is 5.69 Å². The van der Waals surface area contributed by atoms with Gasteiger partial charge in [-0.25, -0.2) is 4.79 Å². The number of aromatic amines is 1. The predicted octanol–water partition coefficient (Wildman–Crippen LogP) is 4.89. The first-order valence-electron chi connectivity index (χ1n) is 10.0. The molecule has 5 heteroatoms. The van der Waals surface area contributed by atoms with Crippen molar-refractivity contribution in [3.8, 4) is 11.3 Å². The maximum absolute atomic E-state index is 13.0. The Labute approximate surface area is 170 Å². The lowest BCUT2D eigenvalue weighted by Crippen LogP contribution is -2.18. The molecule has 2 heterocycles. The van der Waals surface area contributed by atoms with Crippen LogP contribution in [0.25, 0.3) is 11.3 Å². The number of fused-ring (bicyclic) bond motifs is 1. The SMILES string of the molecule is CCCc1[nH]c(-c2ccccc2)c(C2C(=O)Nc3ccccc32)c1C(=O)OCC. The van der Waals surface area contributed by atoms with Gasteiger partial charge in [0.25, 0.3) is 0 Å². The van der Waals surface area contributed by atoms with Crippen molar-refractivity contribution in [1.29, 1.82) is 0 Å². The number of benzene rings is 2. The Bertz CT molecular complexity index is 1050. The van der Waals surface area contributed by atoms with Crippen LogP contribution in [-0.2, 0) is 16.0 Å². The van der Waals surface area contributed by atoms with Gasteiger partial charge in [0.2, 0.25) is 5.91 Å². The van der Waals surface area contributed by atoms with Crippen molar-refractivity contribution < 1.29 is 14.3 Å². The van der Waals surface area contributed by atoms with E-state index in [1.807, 2.05) is 54.6 Å². The van der Waals surface area contributed by atoms with Crippen molar-refractivity contribution in [2.24, 2.45) is 0 Å². The number of nitrogens with one attached hydrogen (secondary N) is 2. The highest BCUT2D eigenvalue weighted by atomic mass is 16.5. The Morgan fingerprint density at radius 2 is 1.76 bits per heavy atom. The van der Waals surface area contributed by atoms with Gasteiger partial charge < -0.3 is 15.0 Å². The van der Waals surface area contributed by atoms with E-state index in [4.69, 9.17) is 4.74 Å². The van der Waals surface area contributed by atoms with Crippen molar-refractivity contribution in [1.82, 2.24) is 4.98 Å². The number of H-pyrrole nitrogens is 1. The van der Waals surface area contributed by atoms with E-state index in [0.29, 0.717) is 17.5 Å². The average Bonchev–Trinajstić information content (AvgIpc) is 3.25. The predicted molar refractivity (Wildman–Crippen MR) is 113 cm³/mol. The number of ether oxygens (including phenoxy) is 1. The minimum absolute atomic E-state index is 0.129. The van der Waals surface area contributed by atoms with Crippen LogP contribution in [0.1, 0.15) is 53.4 Å². The highest BCUT2D eigenvalue weighted by molar-refractivity contribution is 6.08. The van der Waals surface area contributed by atoms with E-state index in [0.717, 1.165) is 34.6 Å². The van der Waals surface area contributed by atoms with Gasteiger partial charge in [-0.2, -0.15) is 0 Å². The lowest BCUT2D eigenvalue weighted by molar-refractivity contribution is -0.116. The summed E-state index contributed by atoms with van der Waals surface area (Å²) in [5, 5.41) is 2.96. The zero-order chi connectivity index (χ0) is 20.4. The van der Waals surface area contributed by atoms with Gasteiger partial charge in [-0.05, 0) is 30.5 Å². The molecule has 0 fully saturated rings. The lowest BCUT2D eigenvalue weighted by atomic mass is 9.87. The number of carbonyl (C=O) groups excluding carboxylic acids is 2. The number of aromatic nitrogens is 1. The molecule has 0 aliphatic carbocycles. The molecule has 4 rings (SSSR count). The second kappa shape index (κ2) is 7.95. The number of carbonyl (C=O) groups is 2. The molecule has 1 aliphatic rings. The first-order valence-corrected chi connectivity index (χ1v) is 10.0. The molecule has 0 radical (unpaired) electrons. The van der Waals surface area contributed by atoms with Gasteiger partial charge >= 0.3 is 5.97 Å². The molecule has 1 amide bonds. The first kappa shape index (κ1) is 19.0. The maximum Gasteiger partial charge on any atom is 0.340 e. The molecule has 5 nitrogen and oxygen atoms in total. The molecular weight excluding hydrogens is 364 g/mol. The van der Waals surface area contributed by atoms with Crippen LogP contribution < -0.4 is 5.32 Å². The van der Waals surface area contributed by atoms with E-state index in [-0.39, 0.29) is 18.5 Å². The third-order valence-corrected chi connectivity index (χ3v) is 5.24. The maximum atomic E-state index is 13.0. The quantitative estimate of drug-likeness (QED) is 0.590. The summed E-state index contributed by atoms with van der Waals surface area (Å²) in [7, 11) is 0. The second-order valence-electron chi connectivity index (χ2n) is 7.11. The summed E-state index contributed by atoms with van der Waals surface area (Å²) in [6.07, 6.45) is 1.57. The van der Waals surface area contributed by atoms with Crippen LogP contribution in [0.3, 0.4) is 0 Å². The van der Waals surface area contributed by atoms with Gasteiger partial charge in [0.1, 0.15) is 0 Å². The van der Waals surface area contributed by atoms with Crippen LogP contribution in [0.2, 0.25) is 0 Å². The summed E-state index contributed by atoms with van der Waals surface area (Å²) < 4.78 is 5.40. The zero-order valence-corrected chi connectivity index (χ0v) is 16.6. The molecule has 148 valence electrons. The number of rotatable bonds is 6. The summed E-state index contributed by atoms with van der Waals surface area (Å²) >= 11 is 0. The van der Waals surface area contributed by atoms with Crippen LogP contribution >= 0.6 is 0 Å². The number of anilines is 1. The van der Waals surface area contributed by atoms with Crippen LogP contribution in [0, 0.1) is 0 Å². The summed E-state index contributed by atoms with van der Waals surface area (Å²) in [4.78, 5) is 29.5. The highest BCUT2D eigenvalue weighted by Crippen LogP contribution is 2.43. The number of hydrogen-bond donors (Lipinski definition) is 2. The minimum atomic E-state index is -0.567. The van der Waals surface area contributed by atoms with Gasteiger partial charge in [-0.1, -0.05) is 61.9 Å². The average molecular weight is 388 g/mol. The van der Waals surface area contributed by atoms with Crippen molar-refractivity contribution in [2.75, 3.05) is 11.9 Å². The molecule has 0 bridgehead atoms. The van der Waals surface area contributed by atoms with Gasteiger partial charge in [0.15, 0.2) is 0 Å². The molecule has 1 atom stereocenters. The molecule has 1 unspecified atom stereocenters. The van der Waals surface area contributed by atoms with E-state index in [2.05, 4.69) is 17.2 Å². The number of esters is 1. The second-order valence-corrected chi connectivity index (χ2v) is 7.11. The molecule has 0 saturated heterocycles. The Hall–Kier alpha value is -3.34. The number of aryl methyl sites for hydroxylation is 1. The molecule has 0 spiro atoms. The van der Waals surface area contributed by atoms with E-state index < -0.39 is 5.92 Å². The van der Waals surface area contributed by atoms with Crippen LogP contribution in [0.5, 0.6) is 0 Å². The third kappa shape index (κ3) is 3.33. The molecule has 1 aliphatic heterocycles. The zero-order valence-electron chi connectivity index (χ0n) is 16.6. The third-order valence-electron chi connectivity index (χ3n) is 5.24. The van der Waals surface area contributed by atoms with Gasteiger partial charge in [-0.3, -0.25) is 4.79 Å². The molecule has 1 aromatic heterocycles. The summed E-state index contributed by atoms with van der Waals surface area (Å²) in [5.41, 5.74) is 5.40. The standard InChI is InChI=1S/C24H24N2O3/c1-3-10-18-20(24(28)29-4-2)21(22(25-18)15-11-6-5-7-12-15)19-16-13-8-9-14-17(16)26-23(19)27/h5-9,11-14,19,25H,3-4,10H2,1-2H3,(H,26,27). The molecular formula is C24H24N2O3. The van der Waals surface area contributed by atoms with Crippen molar-refractivity contribution in [3.05, 3.63) is 77.0 Å². The van der Waals surface area contributed by atoms with E-state index in [9.17, 15) is 9.59 Å². The molecule has 2 N–H and O–H groups in total. The number of hydrogen-bond acceptors (Lipinski definition) is 3. The summed E-state index contributed by atoms with van der Waals surface area (Å²) in [6, 6.07) is 17.5. The van der Waals surface area contributed by atoms with Crippen molar-refractivity contribution >= 4 is 17.6 Å². The van der Waals surface area contributed by atoms with Crippen LogP contribution in [-0.4, -0.2) is 23.5 Å². The fraction of sp³-hybridized carbons (Fsp3) is 0.250. The van der Waals surface area contributed by atoms with E-state index in [1.165, 1.54) is 0 Å². The minimum Gasteiger partial charge on any atom is -0.462 e. The fourth-order valence-electron chi connectivity index (χ4n) is 4.06. The first-order chi connectivity index (χ1) is 14.2. The smallest absolute Gasteiger partial charge is 0.340 e. The van der Waals surface area contributed by atoms with Crippen LogP contribution in [0.15, 0.2) is 54.6 Å². The number of para-hydroxylation sites is 1. The Kier molecular flexibility index (Phi) is 5.21. The van der Waals surface area contributed by atoms with Crippen molar-refractivity contribution in [3.63, 3.8) is 0 Å². The molecule has 29 heavy (non-hydrogen) atoms. The Balaban J connectivity index is 2.00. The highest BCUT2D eigenvalue weighted by Gasteiger charge is 2.39. The molecule has 2 aromatic carbocycles. The van der Waals surface area contributed by atoms with Gasteiger partial charge in [0.05, 0.1) is 23.8 Å². The Morgan fingerprint density at radius 1 is 1.03 bits per heavy atom. The normalized spacial score (nSPS) is 15.1. The lowest BCUT2D eigenvalue weighted by Gasteiger charge is -2.14. The van der Waals surface area contributed by atoms with Gasteiger partial charge in [0, 0.05) is 16.9 Å². The fourth-order valence-corrected chi connectivity index (χ4v) is 4.06.